The molecular weight excluding hydrogens is 354 g/mol. The summed E-state index contributed by atoms with van der Waals surface area (Å²) in [7, 11) is 0. The molecule has 0 radical (unpaired) electrons. The Morgan fingerprint density at radius 2 is 0.963 bits per heavy atom. The van der Waals surface area contributed by atoms with Crippen molar-refractivity contribution in [3.8, 4) is 22.8 Å². The van der Waals surface area contributed by atoms with Crippen molar-refractivity contribution < 1.29 is 29.7 Å². The molecule has 3 aromatic heterocycles. The van der Waals surface area contributed by atoms with Crippen LogP contribution in [0, 0.1) is 0 Å². The number of carboxylic acid groups (broad SMARTS) is 3. The standard InChI is InChI=1S/C18H11N3O6/c22-16(23)9-1-3-19-12(5-9)14-7-11(18(26)27)8-15(21-14)13-6-10(17(24)25)2-4-20-13/h1-8H,(H,22,23)(H,24,25)(H,26,27). The fourth-order valence-electron chi connectivity index (χ4n) is 2.32. The number of pyridine rings is 3. The van der Waals surface area contributed by atoms with E-state index in [1.807, 2.05) is 0 Å². The molecule has 0 amide bonds. The average Bonchev–Trinajstić information content (AvgIpc) is 2.67. The average molecular weight is 365 g/mol. The van der Waals surface area contributed by atoms with Crippen molar-refractivity contribution in [2.45, 2.75) is 0 Å². The molecule has 0 aliphatic carbocycles. The van der Waals surface area contributed by atoms with Gasteiger partial charge in [0, 0.05) is 12.4 Å². The van der Waals surface area contributed by atoms with Gasteiger partial charge in [0.05, 0.1) is 39.5 Å². The zero-order valence-electron chi connectivity index (χ0n) is 13.5. The summed E-state index contributed by atoms with van der Waals surface area (Å²) in [5.41, 5.74) is 0.374. The van der Waals surface area contributed by atoms with Gasteiger partial charge in [-0.2, -0.15) is 0 Å². The number of nitrogens with zero attached hydrogens (tertiary/aromatic N) is 3. The van der Waals surface area contributed by atoms with Gasteiger partial charge in [0.15, 0.2) is 0 Å². The smallest absolute Gasteiger partial charge is 0.335 e. The van der Waals surface area contributed by atoms with Crippen LogP contribution in [-0.4, -0.2) is 48.2 Å². The van der Waals surface area contributed by atoms with Crippen molar-refractivity contribution in [2.75, 3.05) is 0 Å². The van der Waals surface area contributed by atoms with Crippen LogP contribution in [0.4, 0.5) is 0 Å². The Bertz CT molecular complexity index is 1000. The van der Waals surface area contributed by atoms with E-state index in [1.165, 1.54) is 48.8 Å². The highest BCUT2D eigenvalue weighted by Gasteiger charge is 2.15. The van der Waals surface area contributed by atoms with Gasteiger partial charge in [-0.1, -0.05) is 0 Å². The molecule has 0 aliphatic rings. The molecular formula is C18H11N3O6. The number of aromatic nitrogens is 3. The number of rotatable bonds is 5. The second kappa shape index (κ2) is 7.00. The SMILES string of the molecule is O=C(O)c1ccnc(-c2cc(C(=O)O)cc(-c3cc(C(=O)O)ccn3)n2)c1. The molecule has 0 saturated heterocycles. The first-order chi connectivity index (χ1) is 12.8. The lowest BCUT2D eigenvalue weighted by molar-refractivity contribution is 0.0685. The fraction of sp³-hybridized carbons (Fsp3) is 0. The zero-order chi connectivity index (χ0) is 19.6. The highest BCUT2D eigenvalue weighted by Crippen LogP contribution is 2.24. The van der Waals surface area contributed by atoms with E-state index in [2.05, 4.69) is 15.0 Å². The Labute approximate surface area is 151 Å². The molecule has 3 heterocycles. The molecule has 0 bridgehead atoms. The van der Waals surface area contributed by atoms with Crippen LogP contribution in [0.5, 0.6) is 0 Å². The van der Waals surface area contributed by atoms with Crippen molar-refractivity contribution in [3.63, 3.8) is 0 Å². The van der Waals surface area contributed by atoms with Crippen molar-refractivity contribution >= 4 is 17.9 Å². The first kappa shape index (κ1) is 17.7. The summed E-state index contributed by atoms with van der Waals surface area (Å²) in [5.74, 6) is -3.56. The lowest BCUT2D eigenvalue weighted by Crippen LogP contribution is -2.03. The monoisotopic (exact) mass is 365 g/mol. The van der Waals surface area contributed by atoms with Crippen LogP contribution in [0.3, 0.4) is 0 Å². The molecule has 3 aromatic rings. The summed E-state index contributed by atoms with van der Waals surface area (Å²) in [4.78, 5) is 46.1. The minimum Gasteiger partial charge on any atom is -0.478 e. The Hall–Kier alpha value is -4.14. The molecule has 0 atom stereocenters. The van der Waals surface area contributed by atoms with Crippen molar-refractivity contribution in [2.24, 2.45) is 0 Å². The van der Waals surface area contributed by atoms with Gasteiger partial charge in [-0.05, 0) is 36.4 Å². The van der Waals surface area contributed by atoms with Crippen LogP contribution in [0.15, 0.2) is 48.8 Å². The van der Waals surface area contributed by atoms with Crippen LogP contribution in [-0.2, 0) is 0 Å². The largest absolute Gasteiger partial charge is 0.478 e. The zero-order valence-corrected chi connectivity index (χ0v) is 13.5. The van der Waals surface area contributed by atoms with Crippen LogP contribution in [0.25, 0.3) is 22.8 Å². The lowest BCUT2D eigenvalue weighted by Gasteiger charge is -2.08. The second-order valence-corrected chi connectivity index (χ2v) is 5.40. The topological polar surface area (TPSA) is 151 Å². The van der Waals surface area contributed by atoms with E-state index >= 15 is 0 Å². The third-order valence-electron chi connectivity index (χ3n) is 3.61. The molecule has 9 heteroatoms. The molecule has 0 spiro atoms. The van der Waals surface area contributed by atoms with Crippen LogP contribution in [0.2, 0.25) is 0 Å². The summed E-state index contributed by atoms with van der Waals surface area (Å²) in [5, 5.41) is 27.6. The molecule has 0 fully saturated rings. The Morgan fingerprint density at radius 3 is 1.33 bits per heavy atom. The molecule has 0 saturated carbocycles. The molecule has 0 aromatic carbocycles. The second-order valence-electron chi connectivity index (χ2n) is 5.40. The van der Waals surface area contributed by atoms with Crippen molar-refractivity contribution in [1.29, 1.82) is 0 Å². The number of hydrogen-bond donors (Lipinski definition) is 3. The van der Waals surface area contributed by atoms with E-state index in [0.717, 1.165) is 0 Å². The van der Waals surface area contributed by atoms with Gasteiger partial charge in [0.1, 0.15) is 0 Å². The normalized spacial score (nSPS) is 10.4. The number of carbonyl (C=O) groups is 3. The van der Waals surface area contributed by atoms with Crippen LogP contribution in [0.1, 0.15) is 31.1 Å². The van der Waals surface area contributed by atoms with Gasteiger partial charge in [0.25, 0.3) is 0 Å². The van der Waals surface area contributed by atoms with Gasteiger partial charge >= 0.3 is 17.9 Å². The maximum absolute atomic E-state index is 11.5. The first-order valence-corrected chi connectivity index (χ1v) is 7.50. The molecule has 134 valence electrons. The van der Waals surface area contributed by atoms with Gasteiger partial charge in [0.2, 0.25) is 0 Å². The minimum atomic E-state index is -1.23. The number of carboxylic acids is 3. The molecule has 3 rings (SSSR count). The summed E-state index contributed by atoms with van der Waals surface area (Å²) >= 11 is 0. The first-order valence-electron chi connectivity index (χ1n) is 7.50. The quantitative estimate of drug-likeness (QED) is 0.618. The van der Waals surface area contributed by atoms with Crippen molar-refractivity contribution in [1.82, 2.24) is 15.0 Å². The predicted octanol–water partition coefficient (Wildman–Crippen LogP) is 2.30. The maximum Gasteiger partial charge on any atom is 0.335 e. The Balaban J connectivity index is 2.18. The van der Waals surface area contributed by atoms with Gasteiger partial charge in [-0.3, -0.25) is 9.97 Å². The van der Waals surface area contributed by atoms with Gasteiger partial charge in [-0.25, -0.2) is 19.4 Å². The summed E-state index contributed by atoms with van der Waals surface area (Å²) < 4.78 is 0. The van der Waals surface area contributed by atoms with E-state index in [1.54, 1.807) is 0 Å². The lowest BCUT2D eigenvalue weighted by atomic mass is 10.1. The molecule has 3 N–H and O–H groups in total. The third-order valence-corrected chi connectivity index (χ3v) is 3.61. The van der Waals surface area contributed by atoms with E-state index < -0.39 is 17.9 Å². The Morgan fingerprint density at radius 1 is 0.593 bits per heavy atom. The van der Waals surface area contributed by atoms with Gasteiger partial charge in [-0.15, -0.1) is 0 Å². The van der Waals surface area contributed by atoms with Gasteiger partial charge < -0.3 is 15.3 Å². The molecule has 27 heavy (non-hydrogen) atoms. The van der Waals surface area contributed by atoms with E-state index in [9.17, 15) is 19.5 Å². The molecule has 0 unspecified atom stereocenters. The number of aromatic carboxylic acids is 3. The predicted molar refractivity (Wildman–Crippen MR) is 91.6 cm³/mol. The van der Waals surface area contributed by atoms with E-state index in [-0.39, 0.29) is 39.5 Å². The summed E-state index contributed by atoms with van der Waals surface area (Å²) in [6.45, 7) is 0. The fourth-order valence-corrected chi connectivity index (χ4v) is 2.32. The van der Waals surface area contributed by atoms with Crippen LogP contribution >= 0.6 is 0 Å². The minimum absolute atomic E-state index is 0.0323. The van der Waals surface area contributed by atoms with Crippen molar-refractivity contribution in [3.05, 3.63) is 65.5 Å². The number of hydrogen-bond acceptors (Lipinski definition) is 6. The summed E-state index contributed by atoms with van der Waals surface area (Å²) in [6, 6.07) is 7.63. The van der Waals surface area contributed by atoms with E-state index in [4.69, 9.17) is 10.2 Å². The van der Waals surface area contributed by atoms with Crippen LogP contribution < -0.4 is 0 Å². The highest BCUT2D eigenvalue weighted by atomic mass is 16.4. The highest BCUT2D eigenvalue weighted by molar-refractivity contribution is 5.92. The third kappa shape index (κ3) is 3.76. The Kier molecular flexibility index (Phi) is 4.58. The van der Waals surface area contributed by atoms with E-state index in [0.29, 0.717) is 0 Å². The maximum atomic E-state index is 11.5. The molecule has 0 aliphatic heterocycles. The molecule has 9 nitrogen and oxygen atoms in total. The summed E-state index contributed by atoms with van der Waals surface area (Å²) in [6.07, 6.45) is 2.55.